The zero-order chi connectivity index (χ0) is 27.5. The van der Waals surface area contributed by atoms with Crippen LogP contribution in [-0.2, 0) is 14.8 Å². The Balaban J connectivity index is 1.17. The molecule has 4 fully saturated rings. The summed E-state index contributed by atoms with van der Waals surface area (Å²) in [4.78, 5) is 15.1. The van der Waals surface area contributed by atoms with Crippen LogP contribution in [0.15, 0.2) is 11.6 Å². The van der Waals surface area contributed by atoms with Crippen LogP contribution < -0.4 is 4.72 Å². The number of hydrogen-bond donors (Lipinski definition) is 2. The second kappa shape index (κ2) is 10.2. The highest BCUT2D eigenvalue weighted by Crippen LogP contribution is 2.67. The minimum absolute atomic E-state index is 0.141. The number of fused-ring (bicyclic) bond motifs is 5. The number of carbonyl (C=O) groups is 1. The van der Waals surface area contributed by atoms with E-state index in [2.05, 4.69) is 31.6 Å². The lowest BCUT2D eigenvalue weighted by Crippen LogP contribution is -2.54. The SMILES string of the molecule is CC(CCC(=O)N1CCC(C)(NS(C)(=O)=O)CC1)[C@H]1CC[C@H]2[C@@H]3CC=C4C[C@@H](O)CC[C@]4(C)[C@H]3CC[C@]12C. The monoisotopic (exact) mass is 548 g/mol. The van der Waals surface area contributed by atoms with Crippen molar-refractivity contribution < 1.29 is 18.3 Å². The summed E-state index contributed by atoms with van der Waals surface area (Å²) in [7, 11) is -3.25. The largest absolute Gasteiger partial charge is 0.393 e. The topological polar surface area (TPSA) is 86.7 Å². The third-order valence-electron chi connectivity index (χ3n) is 12.3. The van der Waals surface area contributed by atoms with E-state index in [0.29, 0.717) is 55.0 Å². The number of aliphatic hydroxyl groups is 1. The van der Waals surface area contributed by atoms with Crippen LogP contribution in [0.2, 0.25) is 0 Å². The van der Waals surface area contributed by atoms with Crippen molar-refractivity contribution in [3.05, 3.63) is 11.6 Å². The van der Waals surface area contributed by atoms with Crippen LogP contribution in [0, 0.1) is 40.4 Å². The van der Waals surface area contributed by atoms with E-state index in [-0.39, 0.29) is 12.0 Å². The van der Waals surface area contributed by atoms with Gasteiger partial charge in [0.05, 0.1) is 12.4 Å². The lowest BCUT2D eigenvalue weighted by molar-refractivity contribution is -0.133. The molecule has 1 aliphatic heterocycles. The first-order valence-electron chi connectivity index (χ1n) is 15.4. The molecule has 5 rings (SSSR count). The molecule has 0 spiro atoms. The average molecular weight is 549 g/mol. The third-order valence-corrected chi connectivity index (χ3v) is 13.2. The van der Waals surface area contributed by atoms with Crippen molar-refractivity contribution in [2.24, 2.45) is 40.4 Å². The van der Waals surface area contributed by atoms with Crippen molar-refractivity contribution >= 4 is 15.9 Å². The lowest BCUT2D eigenvalue weighted by atomic mass is 9.47. The number of nitrogens with one attached hydrogen (secondary N) is 1. The average Bonchev–Trinajstić information content (AvgIpc) is 3.19. The van der Waals surface area contributed by atoms with E-state index in [1.54, 1.807) is 5.57 Å². The Kier molecular flexibility index (Phi) is 7.65. The van der Waals surface area contributed by atoms with Gasteiger partial charge in [0.1, 0.15) is 0 Å². The van der Waals surface area contributed by atoms with Gasteiger partial charge in [-0.05, 0) is 118 Å². The molecule has 1 heterocycles. The maximum Gasteiger partial charge on any atom is 0.222 e. The number of carbonyl (C=O) groups excluding carboxylic acids is 1. The van der Waals surface area contributed by atoms with Crippen molar-refractivity contribution in [2.75, 3.05) is 19.3 Å². The molecular formula is C31H52N2O4S. The van der Waals surface area contributed by atoms with Gasteiger partial charge in [-0.1, -0.05) is 32.4 Å². The number of aliphatic hydroxyl groups excluding tert-OH is 1. The molecule has 1 unspecified atom stereocenters. The van der Waals surface area contributed by atoms with Crippen LogP contribution in [0.3, 0.4) is 0 Å². The fourth-order valence-corrected chi connectivity index (χ4v) is 11.2. The summed E-state index contributed by atoms with van der Waals surface area (Å²) < 4.78 is 26.2. The summed E-state index contributed by atoms with van der Waals surface area (Å²) in [6.45, 7) is 10.7. The highest BCUT2D eigenvalue weighted by Gasteiger charge is 2.59. The van der Waals surface area contributed by atoms with Gasteiger partial charge in [0.15, 0.2) is 0 Å². The Bertz CT molecular complexity index is 1050. The molecule has 0 aromatic rings. The number of amides is 1. The van der Waals surface area contributed by atoms with Gasteiger partial charge >= 0.3 is 0 Å². The molecule has 0 bridgehead atoms. The van der Waals surface area contributed by atoms with E-state index < -0.39 is 15.6 Å². The minimum atomic E-state index is -3.25. The molecule has 7 heteroatoms. The Hall–Kier alpha value is -0.920. The summed E-state index contributed by atoms with van der Waals surface area (Å²) in [6.07, 6.45) is 15.9. The van der Waals surface area contributed by atoms with Gasteiger partial charge in [-0.25, -0.2) is 13.1 Å². The zero-order valence-corrected chi connectivity index (χ0v) is 25.3. The van der Waals surface area contributed by atoms with Gasteiger partial charge < -0.3 is 10.0 Å². The van der Waals surface area contributed by atoms with Gasteiger partial charge in [0.25, 0.3) is 0 Å². The molecule has 1 amide bonds. The standard InChI is InChI=1S/C31H52N2O4S/c1-21(6-11-28(35)33-18-16-29(2,17-19-33)32-38(5,36)37)25-9-10-26-24-8-7-22-20-23(34)12-14-30(22,3)27(24)13-15-31(25,26)4/h7,21,23-27,32,34H,6,8-20H2,1-5H3/t21?,23-,24-,25+,26-,27-,30-,31+/m0/s1. The van der Waals surface area contributed by atoms with Gasteiger partial charge in [0.2, 0.25) is 15.9 Å². The molecule has 38 heavy (non-hydrogen) atoms. The van der Waals surface area contributed by atoms with E-state index in [4.69, 9.17) is 0 Å². The fourth-order valence-electron chi connectivity index (χ4n) is 10.1. The van der Waals surface area contributed by atoms with Crippen LogP contribution in [0.1, 0.15) is 105 Å². The summed E-state index contributed by atoms with van der Waals surface area (Å²) in [6, 6.07) is 0. The molecule has 8 atom stereocenters. The van der Waals surface area contributed by atoms with Crippen LogP contribution >= 0.6 is 0 Å². The first-order valence-corrected chi connectivity index (χ1v) is 17.3. The maximum atomic E-state index is 13.1. The van der Waals surface area contributed by atoms with Crippen molar-refractivity contribution in [3.8, 4) is 0 Å². The normalized spacial score (nSPS) is 41.5. The molecular weight excluding hydrogens is 496 g/mol. The molecule has 4 aliphatic carbocycles. The predicted molar refractivity (Wildman–Crippen MR) is 152 cm³/mol. The molecule has 5 aliphatic rings. The number of sulfonamides is 1. The van der Waals surface area contributed by atoms with Crippen molar-refractivity contribution in [2.45, 2.75) is 116 Å². The van der Waals surface area contributed by atoms with E-state index in [1.807, 2.05) is 11.8 Å². The van der Waals surface area contributed by atoms with E-state index in [9.17, 15) is 18.3 Å². The second-order valence-electron chi connectivity index (χ2n) is 14.7. The Labute approximate surface area is 231 Å². The molecule has 6 nitrogen and oxygen atoms in total. The molecule has 0 radical (unpaired) electrons. The number of rotatable bonds is 6. The van der Waals surface area contributed by atoms with Gasteiger partial charge in [-0.2, -0.15) is 0 Å². The quantitative estimate of drug-likeness (QED) is 0.443. The molecule has 216 valence electrons. The summed E-state index contributed by atoms with van der Waals surface area (Å²) in [5, 5.41) is 10.3. The highest BCUT2D eigenvalue weighted by atomic mass is 32.2. The predicted octanol–water partition coefficient (Wildman–Crippen LogP) is 5.27. The number of allylic oxidation sites excluding steroid dienone is 1. The Morgan fingerprint density at radius 1 is 1.08 bits per heavy atom. The zero-order valence-electron chi connectivity index (χ0n) is 24.5. The van der Waals surface area contributed by atoms with E-state index >= 15 is 0 Å². The number of nitrogens with zero attached hydrogens (tertiary/aromatic N) is 1. The van der Waals surface area contributed by atoms with E-state index in [1.165, 1.54) is 38.4 Å². The second-order valence-corrected chi connectivity index (χ2v) is 16.5. The maximum absolute atomic E-state index is 13.1. The van der Waals surface area contributed by atoms with Crippen molar-refractivity contribution in [1.29, 1.82) is 0 Å². The van der Waals surface area contributed by atoms with Gasteiger partial charge in [-0.3, -0.25) is 4.79 Å². The summed E-state index contributed by atoms with van der Waals surface area (Å²) in [5.41, 5.74) is 1.77. The van der Waals surface area contributed by atoms with Crippen molar-refractivity contribution in [3.63, 3.8) is 0 Å². The Morgan fingerprint density at radius 2 is 1.79 bits per heavy atom. The molecule has 1 saturated heterocycles. The molecule has 2 N–H and O–H groups in total. The number of piperidine rings is 1. The molecule has 3 saturated carbocycles. The van der Waals surface area contributed by atoms with Gasteiger partial charge in [-0.15, -0.1) is 0 Å². The van der Waals surface area contributed by atoms with Crippen LogP contribution in [0.5, 0.6) is 0 Å². The smallest absolute Gasteiger partial charge is 0.222 e. The van der Waals surface area contributed by atoms with Crippen LogP contribution in [0.25, 0.3) is 0 Å². The minimum Gasteiger partial charge on any atom is -0.393 e. The number of hydrogen-bond acceptors (Lipinski definition) is 4. The van der Waals surface area contributed by atoms with Gasteiger partial charge in [0, 0.05) is 25.0 Å². The fraction of sp³-hybridized carbons (Fsp3) is 0.903. The van der Waals surface area contributed by atoms with Crippen molar-refractivity contribution in [1.82, 2.24) is 9.62 Å². The Morgan fingerprint density at radius 3 is 2.47 bits per heavy atom. The van der Waals surface area contributed by atoms with Crippen LogP contribution in [-0.4, -0.2) is 55.3 Å². The first kappa shape index (κ1) is 28.6. The summed E-state index contributed by atoms with van der Waals surface area (Å²) >= 11 is 0. The third kappa shape index (κ3) is 5.25. The summed E-state index contributed by atoms with van der Waals surface area (Å²) in [5.74, 6) is 3.80. The highest BCUT2D eigenvalue weighted by molar-refractivity contribution is 7.88. The number of likely N-dealkylation sites (tertiary alicyclic amines) is 1. The van der Waals surface area contributed by atoms with Crippen LogP contribution in [0.4, 0.5) is 0 Å². The van der Waals surface area contributed by atoms with E-state index in [0.717, 1.165) is 43.4 Å². The molecule has 0 aromatic heterocycles. The first-order chi connectivity index (χ1) is 17.7. The molecule has 0 aromatic carbocycles. The lowest BCUT2D eigenvalue weighted by Gasteiger charge is -2.58.